The first-order valence-corrected chi connectivity index (χ1v) is 5.62. The standard InChI is InChI=1S/C12H22N2O/c1-4-7-10-13-12(15)14-11(8-5-2)9-6-3/h5,8-9H,4,6-7,10H2,1-3H3,(H2,13,14,15)/b8-5-,11-9+. The lowest BCUT2D eigenvalue weighted by Crippen LogP contribution is -2.35. The van der Waals surface area contributed by atoms with E-state index in [1.165, 1.54) is 0 Å². The molecule has 0 rings (SSSR count). The zero-order valence-electron chi connectivity index (χ0n) is 9.97. The molecular formula is C12H22N2O. The van der Waals surface area contributed by atoms with Crippen LogP contribution in [0.25, 0.3) is 0 Å². The van der Waals surface area contributed by atoms with Gasteiger partial charge in [-0.25, -0.2) is 4.79 Å². The quantitative estimate of drug-likeness (QED) is 0.513. The first-order valence-electron chi connectivity index (χ1n) is 5.62. The van der Waals surface area contributed by atoms with Gasteiger partial charge in [-0.1, -0.05) is 32.4 Å². The fraction of sp³-hybridized carbons (Fsp3) is 0.583. The maximum Gasteiger partial charge on any atom is 0.319 e. The molecular weight excluding hydrogens is 188 g/mol. The lowest BCUT2D eigenvalue weighted by Gasteiger charge is -2.07. The highest BCUT2D eigenvalue weighted by atomic mass is 16.2. The van der Waals surface area contributed by atoms with E-state index in [0.717, 1.165) is 31.5 Å². The van der Waals surface area contributed by atoms with Gasteiger partial charge in [0.05, 0.1) is 0 Å². The Bertz CT molecular complexity index is 232. The van der Waals surface area contributed by atoms with Gasteiger partial charge in [-0.3, -0.25) is 0 Å². The number of hydrogen-bond acceptors (Lipinski definition) is 1. The number of urea groups is 1. The number of hydrogen-bond donors (Lipinski definition) is 2. The molecule has 0 heterocycles. The Kier molecular flexibility index (Phi) is 8.53. The molecule has 0 unspecified atom stereocenters. The third-order valence-corrected chi connectivity index (χ3v) is 1.84. The molecule has 15 heavy (non-hydrogen) atoms. The fourth-order valence-corrected chi connectivity index (χ4v) is 1.11. The molecule has 0 aliphatic carbocycles. The summed E-state index contributed by atoms with van der Waals surface area (Å²) in [6.45, 7) is 6.81. The maximum atomic E-state index is 11.4. The van der Waals surface area contributed by atoms with E-state index in [4.69, 9.17) is 0 Å². The Morgan fingerprint density at radius 3 is 2.60 bits per heavy atom. The number of amides is 2. The largest absolute Gasteiger partial charge is 0.338 e. The summed E-state index contributed by atoms with van der Waals surface area (Å²) in [7, 11) is 0. The Hall–Kier alpha value is -1.25. The van der Waals surface area contributed by atoms with Crippen LogP contribution in [-0.4, -0.2) is 12.6 Å². The number of unbranched alkanes of at least 4 members (excludes halogenated alkanes) is 1. The predicted octanol–water partition coefficient (Wildman–Crippen LogP) is 2.96. The van der Waals surface area contributed by atoms with Crippen molar-refractivity contribution in [1.29, 1.82) is 0 Å². The lowest BCUT2D eigenvalue weighted by molar-refractivity contribution is 0.243. The minimum Gasteiger partial charge on any atom is -0.338 e. The minimum atomic E-state index is -0.124. The monoisotopic (exact) mass is 210 g/mol. The van der Waals surface area contributed by atoms with Crippen molar-refractivity contribution in [3.05, 3.63) is 23.9 Å². The summed E-state index contributed by atoms with van der Waals surface area (Å²) in [6, 6.07) is -0.124. The molecule has 0 aromatic rings. The summed E-state index contributed by atoms with van der Waals surface area (Å²) in [5, 5.41) is 5.61. The normalized spacial score (nSPS) is 11.8. The van der Waals surface area contributed by atoms with Gasteiger partial charge in [0.25, 0.3) is 0 Å². The summed E-state index contributed by atoms with van der Waals surface area (Å²) in [5.74, 6) is 0. The number of rotatable bonds is 6. The zero-order valence-corrected chi connectivity index (χ0v) is 9.97. The number of allylic oxidation sites excluding steroid dienone is 3. The van der Waals surface area contributed by atoms with E-state index in [-0.39, 0.29) is 6.03 Å². The number of carbonyl (C=O) groups excluding carboxylic acids is 1. The molecule has 0 aliphatic rings. The lowest BCUT2D eigenvalue weighted by atomic mass is 10.3. The molecule has 0 aromatic heterocycles. The summed E-state index contributed by atoms with van der Waals surface area (Å²) in [6.07, 6.45) is 8.81. The second-order valence-corrected chi connectivity index (χ2v) is 3.30. The van der Waals surface area contributed by atoms with Gasteiger partial charge in [0.1, 0.15) is 0 Å². The molecule has 0 saturated heterocycles. The van der Waals surface area contributed by atoms with Crippen LogP contribution in [0.15, 0.2) is 23.9 Å². The Morgan fingerprint density at radius 2 is 2.07 bits per heavy atom. The molecule has 0 saturated carbocycles. The molecule has 3 heteroatoms. The Balaban J connectivity index is 3.95. The first-order chi connectivity index (χ1) is 7.24. The number of nitrogens with one attached hydrogen (secondary N) is 2. The van der Waals surface area contributed by atoms with Crippen molar-refractivity contribution in [2.45, 2.75) is 40.0 Å². The second kappa shape index (κ2) is 9.31. The van der Waals surface area contributed by atoms with Crippen molar-refractivity contribution in [2.24, 2.45) is 0 Å². The van der Waals surface area contributed by atoms with Crippen molar-refractivity contribution in [2.75, 3.05) is 6.54 Å². The van der Waals surface area contributed by atoms with Crippen molar-refractivity contribution in [3.63, 3.8) is 0 Å². The zero-order chi connectivity index (χ0) is 11.5. The SMILES string of the molecule is C/C=C\C(=C/CC)NC(=O)NCCCC. The first kappa shape index (κ1) is 13.8. The van der Waals surface area contributed by atoms with Gasteiger partial charge in [-0.05, 0) is 25.8 Å². The average molecular weight is 210 g/mol. The van der Waals surface area contributed by atoms with Crippen LogP contribution in [0.2, 0.25) is 0 Å². The molecule has 0 aliphatic heterocycles. The molecule has 0 spiro atoms. The van der Waals surface area contributed by atoms with Gasteiger partial charge in [0, 0.05) is 12.2 Å². The van der Waals surface area contributed by atoms with E-state index in [9.17, 15) is 4.79 Å². The van der Waals surface area contributed by atoms with E-state index >= 15 is 0 Å². The van der Waals surface area contributed by atoms with E-state index in [1.54, 1.807) is 0 Å². The fourth-order valence-electron chi connectivity index (χ4n) is 1.11. The van der Waals surface area contributed by atoms with Gasteiger partial charge < -0.3 is 10.6 Å². The molecule has 2 amide bonds. The van der Waals surface area contributed by atoms with Crippen molar-refractivity contribution in [1.82, 2.24) is 10.6 Å². The highest BCUT2D eigenvalue weighted by Gasteiger charge is 1.99. The van der Waals surface area contributed by atoms with E-state index in [2.05, 4.69) is 17.6 Å². The topological polar surface area (TPSA) is 41.1 Å². The third kappa shape index (κ3) is 7.79. The van der Waals surface area contributed by atoms with Crippen LogP contribution in [0.4, 0.5) is 4.79 Å². The summed E-state index contributed by atoms with van der Waals surface area (Å²) < 4.78 is 0. The Morgan fingerprint density at radius 1 is 1.33 bits per heavy atom. The van der Waals surface area contributed by atoms with Crippen LogP contribution in [-0.2, 0) is 0 Å². The highest BCUT2D eigenvalue weighted by Crippen LogP contribution is 1.94. The van der Waals surface area contributed by atoms with Gasteiger partial charge in [0.15, 0.2) is 0 Å². The maximum absolute atomic E-state index is 11.4. The number of carbonyl (C=O) groups is 1. The van der Waals surface area contributed by atoms with Gasteiger partial charge in [-0.15, -0.1) is 0 Å². The third-order valence-electron chi connectivity index (χ3n) is 1.84. The van der Waals surface area contributed by atoms with Crippen molar-refractivity contribution >= 4 is 6.03 Å². The van der Waals surface area contributed by atoms with Crippen LogP contribution in [0, 0.1) is 0 Å². The minimum absolute atomic E-state index is 0.124. The molecule has 0 bridgehead atoms. The summed E-state index contributed by atoms with van der Waals surface area (Å²) >= 11 is 0. The Labute approximate surface area is 92.6 Å². The highest BCUT2D eigenvalue weighted by molar-refractivity contribution is 5.76. The van der Waals surface area contributed by atoms with Crippen LogP contribution in [0.3, 0.4) is 0 Å². The van der Waals surface area contributed by atoms with Crippen LogP contribution >= 0.6 is 0 Å². The molecule has 0 atom stereocenters. The molecule has 2 N–H and O–H groups in total. The molecule has 0 fully saturated rings. The smallest absolute Gasteiger partial charge is 0.319 e. The van der Waals surface area contributed by atoms with Gasteiger partial charge in [-0.2, -0.15) is 0 Å². The molecule has 0 aromatic carbocycles. The van der Waals surface area contributed by atoms with Crippen LogP contribution < -0.4 is 10.6 Å². The van der Waals surface area contributed by atoms with E-state index < -0.39 is 0 Å². The van der Waals surface area contributed by atoms with Gasteiger partial charge in [0.2, 0.25) is 0 Å². The van der Waals surface area contributed by atoms with Crippen molar-refractivity contribution in [3.8, 4) is 0 Å². The van der Waals surface area contributed by atoms with Crippen LogP contribution in [0.1, 0.15) is 40.0 Å². The van der Waals surface area contributed by atoms with Crippen LogP contribution in [0.5, 0.6) is 0 Å². The van der Waals surface area contributed by atoms with Gasteiger partial charge >= 0.3 is 6.03 Å². The van der Waals surface area contributed by atoms with E-state index in [1.807, 2.05) is 32.1 Å². The average Bonchev–Trinajstić information content (AvgIpc) is 2.19. The summed E-state index contributed by atoms with van der Waals surface area (Å²) in [5.41, 5.74) is 0.856. The molecule has 0 radical (unpaired) electrons. The molecule has 86 valence electrons. The summed E-state index contributed by atoms with van der Waals surface area (Å²) in [4.78, 5) is 11.4. The second-order valence-electron chi connectivity index (χ2n) is 3.30. The van der Waals surface area contributed by atoms with E-state index in [0.29, 0.717) is 0 Å². The predicted molar refractivity (Wildman–Crippen MR) is 64.6 cm³/mol. The molecule has 3 nitrogen and oxygen atoms in total. The van der Waals surface area contributed by atoms with Crippen molar-refractivity contribution < 1.29 is 4.79 Å².